The molecule has 0 heterocycles. The standard InChI is InChI=1S/C9H18O2.2H3N.H2O4S/c1-2-3-4-5-6-7-8-9(10)11;;;1-5(2,3)4/h2-8H2,1H3,(H,10,11);2*1H3;(H2,1,2,3,4). The lowest BCUT2D eigenvalue weighted by molar-refractivity contribution is -0.137. The van der Waals surface area contributed by atoms with Crippen molar-refractivity contribution >= 4 is 16.4 Å². The quantitative estimate of drug-likeness (QED) is 0.350. The highest BCUT2D eigenvalue weighted by Gasteiger charge is 1.95. The average molecular weight is 290 g/mol. The monoisotopic (exact) mass is 290 g/mol. The topological polar surface area (TPSA) is 182 Å². The molecular weight excluding hydrogens is 264 g/mol. The van der Waals surface area contributed by atoms with Gasteiger partial charge in [-0.2, -0.15) is 8.42 Å². The summed E-state index contributed by atoms with van der Waals surface area (Å²) in [5.74, 6) is -0.666. The lowest BCUT2D eigenvalue weighted by atomic mass is 10.1. The van der Waals surface area contributed by atoms with Gasteiger partial charge in [0, 0.05) is 6.42 Å². The van der Waals surface area contributed by atoms with Crippen molar-refractivity contribution < 1.29 is 27.4 Å². The predicted molar refractivity (Wildman–Crippen MR) is 69.9 cm³/mol. The highest BCUT2D eigenvalue weighted by Crippen LogP contribution is 2.06. The molecule has 0 aliphatic rings. The van der Waals surface area contributed by atoms with E-state index in [0.29, 0.717) is 6.42 Å². The molecule has 0 amide bonds. The fourth-order valence-corrected chi connectivity index (χ4v) is 1.06. The Hall–Kier alpha value is -0.740. The maximum absolute atomic E-state index is 10.1. The van der Waals surface area contributed by atoms with E-state index in [9.17, 15) is 4.79 Å². The molecule has 0 aliphatic carbocycles. The van der Waals surface area contributed by atoms with Gasteiger partial charge in [-0.25, -0.2) is 0 Å². The van der Waals surface area contributed by atoms with Crippen LogP contribution < -0.4 is 12.3 Å². The van der Waals surface area contributed by atoms with E-state index >= 15 is 0 Å². The minimum absolute atomic E-state index is 0. The van der Waals surface area contributed by atoms with Gasteiger partial charge in [0.1, 0.15) is 0 Å². The Morgan fingerprint density at radius 2 is 1.28 bits per heavy atom. The molecule has 18 heavy (non-hydrogen) atoms. The molecule has 0 spiro atoms. The number of hydrogen-bond donors (Lipinski definition) is 5. The molecular formula is C9H26N2O6S. The Kier molecular flexibility index (Phi) is 23.4. The highest BCUT2D eigenvalue weighted by molar-refractivity contribution is 7.79. The summed E-state index contributed by atoms with van der Waals surface area (Å²) in [7, 11) is -4.67. The van der Waals surface area contributed by atoms with Crippen molar-refractivity contribution in [1.29, 1.82) is 0 Å². The van der Waals surface area contributed by atoms with E-state index < -0.39 is 16.4 Å². The SMILES string of the molecule is CCCCCCCCC(=O)O.N.N.O=S(=O)(O)O. The van der Waals surface area contributed by atoms with E-state index in [2.05, 4.69) is 6.92 Å². The van der Waals surface area contributed by atoms with Crippen molar-refractivity contribution in [2.24, 2.45) is 0 Å². The molecule has 0 saturated carbocycles. The molecule has 0 aromatic heterocycles. The van der Waals surface area contributed by atoms with Crippen molar-refractivity contribution in [3.63, 3.8) is 0 Å². The van der Waals surface area contributed by atoms with Crippen LogP contribution in [0, 0.1) is 0 Å². The van der Waals surface area contributed by atoms with Gasteiger partial charge in [0.05, 0.1) is 0 Å². The highest BCUT2D eigenvalue weighted by atomic mass is 32.3. The summed E-state index contributed by atoms with van der Waals surface area (Å²) in [4.78, 5) is 10.1. The second-order valence-corrected chi connectivity index (χ2v) is 4.26. The lowest BCUT2D eigenvalue weighted by Gasteiger charge is -1.97. The molecule has 8 nitrogen and oxygen atoms in total. The van der Waals surface area contributed by atoms with Gasteiger partial charge in [0.15, 0.2) is 0 Å². The van der Waals surface area contributed by atoms with Crippen LogP contribution in [-0.4, -0.2) is 28.6 Å². The zero-order valence-corrected chi connectivity index (χ0v) is 11.7. The zero-order valence-electron chi connectivity index (χ0n) is 10.8. The first kappa shape index (κ1) is 26.0. The fourth-order valence-electron chi connectivity index (χ4n) is 1.06. The zero-order chi connectivity index (χ0) is 13.0. The first-order chi connectivity index (χ1) is 7.27. The number of rotatable bonds is 7. The number of carbonyl (C=O) groups is 1. The Balaban J connectivity index is -0.000000122. The van der Waals surface area contributed by atoms with Gasteiger partial charge in [0.2, 0.25) is 0 Å². The van der Waals surface area contributed by atoms with E-state index in [4.69, 9.17) is 22.6 Å². The van der Waals surface area contributed by atoms with E-state index in [0.717, 1.165) is 12.8 Å². The molecule has 0 unspecified atom stereocenters. The lowest BCUT2D eigenvalue weighted by Crippen LogP contribution is -1.93. The molecule has 0 bridgehead atoms. The number of aliphatic carboxylic acids is 1. The summed E-state index contributed by atoms with van der Waals surface area (Å²) < 4.78 is 31.6. The second kappa shape index (κ2) is 16.3. The van der Waals surface area contributed by atoms with Crippen LogP contribution >= 0.6 is 0 Å². The summed E-state index contributed by atoms with van der Waals surface area (Å²) in [6.07, 6.45) is 7.25. The second-order valence-electron chi connectivity index (χ2n) is 3.36. The normalized spacial score (nSPS) is 9.28. The van der Waals surface area contributed by atoms with Crippen LogP contribution in [0.3, 0.4) is 0 Å². The van der Waals surface area contributed by atoms with Crippen molar-refractivity contribution in [1.82, 2.24) is 12.3 Å². The molecule has 9 heteroatoms. The van der Waals surface area contributed by atoms with Crippen LogP contribution in [0.5, 0.6) is 0 Å². The van der Waals surface area contributed by atoms with E-state index in [1.807, 2.05) is 0 Å². The predicted octanol–water partition coefficient (Wildman–Crippen LogP) is 2.49. The van der Waals surface area contributed by atoms with Crippen LogP contribution in [-0.2, 0) is 15.2 Å². The summed E-state index contributed by atoms with van der Waals surface area (Å²) >= 11 is 0. The summed E-state index contributed by atoms with van der Waals surface area (Å²) in [6, 6.07) is 0. The van der Waals surface area contributed by atoms with Gasteiger partial charge >= 0.3 is 16.4 Å². The third-order valence-electron chi connectivity index (χ3n) is 1.74. The molecule has 0 aromatic rings. The van der Waals surface area contributed by atoms with Gasteiger partial charge < -0.3 is 17.4 Å². The molecule has 9 N–H and O–H groups in total. The molecule has 0 rings (SSSR count). The number of unbranched alkanes of at least 4 members (excludes halogenated alkanes) is 5. The van der Waals surface area contributed by atoms with Crippen LogP contribution in [0.2, 0.25) is 0 Å². The van der Waals surface area contributed by atoms with Gasteiger partial charge in [-0.15, -0.1) is 0 Å². The summed E-state index contributed by atoms with van der Waals surface area (Å²) in [5, 5.41) is 8.32. The first-order valence-corrected chi connectivity index (χ1v) is 6.58. The van der Waals surface area contributed by atoms with Gasteiger partial charge in [-0.1, -0.05) is 39.0 Å². The molecule has 0 radical (unpaired) electrons. The molecule has 0 aromatic carbocycles. The maximum atomic E-state index is 10.1. The van der Waals surface area contributed by atoms with Gasteiger partial charge in [0.25, 0.3) is 0 Å². The van der Waals surface area contributed by atoms with Crippen LogP contribution in [0.1, 0.15) is 51.9 Å². The Morgan fingerprint density at radius 3 is 1.61 bits per heavy atom. The number of hydrogen-bond acceptors (Lipinski definition) is 5. The number of carboxylic acids is 1. The van der Waals surface area contributed by atoms with Gasteiger partial charge in [-0.3, -0.25) is 13.9 Å². The molecule has 0 aliphatic heterocycles. The molecule has 0 fully saturated rings. The Bertz CT molecular complexity index is 260. The minimum Gasteiger partial charge on any atom is -0.481 e. The van der Waals surface area contributed by atoms with Crippen molar-refractivity contribution in [2.45, 2.75) is 51.9 Å². The first-order valence-electron chi connectivity index (χ1n) is 5.19. The van der Waals surface area contributed by atoms with Gasteiger partial charge in [-0.05, 0) is 6.42 Å². The van der Waals surface area contributed by atoms with E-state index in [1.54, 1.807) is 0 Å². The summed E-state index contributed by atoms with van der Waals surface area (Å²) in [6.45, 7) is 2.18. The largest absolute Gasteiger partial charge is 0.481 e. The Morgan fingerprint density at radius 1 is 0.944 bits per heavy atom. The average Bonchev–Trinajstić information content (AvgIpc) is 2.08. The minimum atomic E-state index is -4.67. The van der Waals surface area contributed by atoms with Crippen LogP contribution in [0.4, 0.5) is 0 Å². The van der Waals surface area contributed by atoms with E-state index in [1.165, 1.54) is 25.7 Å². The maximum Gasteiger partial charge on any atom is 0.394 e. The van der Waals surface area contributed by atoms with Crippen molar-refractivity contribution in [3.8, 4) is 0 Å². The summed E-state index contributed by atoms with van der Waals surface area (Å²) in [5.41, 5.74) is 0. The van der Waals surface area contributed by atoms with E-state index in [-0.39, 0.29) is 12.3 Å². The van der Waals surface area contributed by atoms with Crippen LogP contribution in [0.15, 0.2) is 0 Å². The Labute approximate surface area is 109 Å². The third kappa shape index (κ3) is 58.9. The van der Waals surface area contributed by atoms with Crippen LogP contribution in [0.25, 0.3) is 0 Å². The number of carboxylic acid groups (broad SMARTS) is 1. The third-order valence-corrected chi connectivity index (χ3v) is 1.74. The molecule has 0 saturated heterocycles. The smallest absolute Gasteiger partial charge is 0.394 e. The van der Waals surface area contributed by atoms with Crippen molar-refractivity contribution in [3.05, 3.63) is 0 Å². The molecule has 114 valence electrons. The molecule has 0 atom stereocenters. The van der Waals surface area contributed by atoms with Crippen molar-refractivity contribution in [2.75, 3.05) is 0 Å². The fraction of sp³-hybridized carbons (Fsp3) is 0.889.